The van der Waals surface area contributed by atoms with Crippen LogP contribution in [0.2, 0.25) is 0 Å². The van der Waals surface area contributed by atoms with E-state index in [0.29, 0.717) is 43.0 Å². The number of aliphatic hydroxyl groups is 1. The molecule has 1 aromatic heterocycles. The largest absolute Gasteiger partial charge is 0.390 e. The highest BCUT2D eigenvalue weighted by Crippen LogP contribution is 2.43. The van der Waals surface area contributed by atoms with E-state index in [-0.39, 0.29) is 48.4 Å². The number of carbonyl (C=O) groups is 6. The van der Waals surface area contributed by atoms with E-state index in [1.54, 1.807) is 18.2 Å². The van der Waals surface area contributed by atoms with Crippen molar-refractivity contribution >= 4 is 46.9 Å². The minimum absolute atomic E-state index is 0.0900. The second-order valence-corrected chi connectivity index (χ2v) is 18.8. The topological polar surface area (TPSA) is 201 Å². The number of hydrogen-bond donors (Lipinski definition) is 4. The molecule has 17 heteroatoms. The summed E-state index contributed by atoms with van der Waals surface area (Å²) in [6, 6.07) is 14.5. The number of aliphatic hydroxyl groups excluding tert-OH is 1. The van der Waals surface area contributed by atoms with Crippen LogP contribution in [0.25, 0.3) is 0 Å². The summed E-state index contributed by atoms with van der Waals surface area (Å²) in [5.41, 5.74) is 4.66. The lowest BCUT2D eigenvalue weighted by atomic mass is 9.71. The first-order valence-electron chi connectivity index (χ1n) is 23.5. The first-order valence-corrected chi connectivity index (χ1v) is 23.5. The summed E-state index contributed by atoms with van der Waals surface area (Å²) in [6.07, 6.45) is 9.09. The Kier molecular flexibility index (Phi) is 13.2. The summed E-state index contributed by atoms with van der Waals surface area (Å²) in [5, 5.41) is 19.2. The number of piperidine rings is 4. The highest BCUT2D eigenvalue weighted by atomic mass is 16.3. The SMILES string of the molecule is O=C1CCC(N2C(=O)c3ccc(N4CCC5(CCN(CCCC(=O)N6CCC(Nc7cc(C(=O)NC[C@H](O)CN8CCc9ccccc9C8)ncn7)CC6)CC5)CC4)cc3C2=O)C(=O)N1. The number of aromatic nitrogens is 2. The van der Waals surface area contributed by atoms with Crippen molar-refractivity contribution in [2.75, 3.05) is 75.7 Å². The molecule has 4 saturated heterocycles. The van der Waals surface area contributed by atoms with Crippen LogP contribution in [-0.2, 0) is 27.3 Å². The molecular weight excluding hydrogens is 829 g/mol. The number of fused-ring (bicyclic) bond motifs is 2. The van der Waals surface area contributed by atoms with Crippen molar-refractivity contribution in [1.82, 2.24) is 40.2 Å². The third kappa shape index (κ3) is 10.1. The second-order valence-electron chi connectivity index (χ2n) is 18.8. The smallest absolute Gasteiger partial charge is 0.270 e. The molecule has 7 heterocycles. The van der Waals surface area contributed by atoms with E-state index < -0.39 is 35.8 Å². The fourth-order valence-corrected chi connectivity index (χ4v) is 10.7. The Hall–Kier alpha value is -5.78. The number of benzene rings is 2. The Morgan fingerprint density at radius 1 is 0.815 bits per heavy atom. The number of β-amino-alcohol motifs (C(OH)–C–C–N with tert-alkyl or cyclic N) is 1. The van der Waals surface area contributed by atoms with Gasteiger partial charge in [0.15, 0.2) is 0 Å². The summed E-state index contributed by atoms with van der Waals surface area (Å²) >= 11 is 0. The molecule has 65 heavy (non-hydrogen) atoms. The van der Waals surface area contributed by atoms with Gasteiger partial charge in [0.1, 0.15) is 23.9 Å². The zero-order valence-electron chi connectivity index (χ0n) is 37.0. The molecule has 3 aromatic rings. The molecule has 0 radical (unpaired) electrons. The van der Waals surface area contributed by atoms with Crippen molar-refractivity contribution in [3.05, 3.63) is 82.8 Å². The number of carbonyl (C=O) groups excluding carboxylic acids is 6. The quantitative estimate of drug-likeness (QED) is 0.183. The maximum Gasteiger partial charge on any atom is 0.270 e. The van der Waals surface area contributed by atoms with E-state index in [9.17, 15) is 33.9 Å². The van der Waals surface area contributed by atoms with Crippen molar-refractivity contribution in [2.45, 2.75) is 95.4 Å². The van der Waals surface area contributed by atoms with Crippen LogP contribution in [0.3, 0.4) is 0 Å². The minimum atomic E-state index is -0.975. The van der Waals surface area contributed by atoms with Gasteiger partial charge >= 0.3 is 0 Å². The van der Waals surface area contributed by atoms with Crippen molar-refractivity contribution in [2.24, 2.45) is 5.41 Å². The first-order chi connectivity index (χ1) is 31.5. The molecule has 6 aliphatic heterocycles. The number of imide groups is 2. The van der Waals surface area contributed by atoms with Gasteiger partial charge in [-0.15, -0.1) is 0 Å². The number of hydrogen-bond acceptors (Lipinski definition) is 13. The molecule has 9 rings (SSSR count). The Balaban J connectivity index is 0.651. The Labute approximate surface area is 379 Å². The van der Waals surface area contributed by atoms with Gasteiger partial charge in [0.2, 0.25) is 17.7 Å². The highest BCUT2D eigenvalue weighted by Gasteiger charge is 2.45. The molecule has 0 saturated carbocycles. The average molecular weight is 889 g/mol. The van der Waals surface area contributed by atoms with E-state index in [2.05, 4.69) is 58.8 Å². The number of nitrogens with zero attached hydrogens (tertiary/aromatic N) is 7. The van der Waals surface area contributed by atoms with Crippen LogP contribution in [0.4, 0.5) is 11.5 Å². The number of likely N-dealkylation sites (tertiary alicyclic amines) is 2. The summed E-state index contributed by atoms with van der Waals surface area (Å²) in [5.74, 6) is -1.57. The Bertz CT molecular complexity index is 2300. The van der Waals surface area contributed by atoms with Gasteiger partial charge in [-0.2, -0.15) is 0 Å². The minimum Gasteiger partial charge on any atom is -0.390 e. The van der Waals surface area contributed by atoms with Gasteiger partial charge in [-0.1, -0.05) is 24.3 Å². The molecule has 2 aromatic carbocycles. The number of amides is 6. The van der Waals surface area contributed by atoms with Gasteiger partial charge < -0.3 is 30.4 Å². The van der Waals surface area contributed by atoms with E-state index in [4.69, 9.17) is 0 Å². The van der Waals surface area contributed by atoms with Crippen LogP contribution in [0, 0.1) is 5.41 Å². The van der Waals surface area contributed by atoms with Gasteiger partial charge in [0.25, 0.3) is 17.7 Å². The van der Waals surface area contributed by atoms with Crippen LogP contribution in [0.5, 0.6) is 0 Å². The predicted molar refractivity (Wildman–Crippen MR) is 241 cm³/mol. The first kappa shape index (κ1) is 44.4. The third-order valence-corrected chi connectivity index (χ3v) is 14.7. The van der Waals surface area contributed by atoms with Crippen molar-refractivity contribution in [3.8, 4) is 0 Å². The Morgan fingerprint density at radius 3 is 2.32 bits per heavy atom. The lowest BCUT2D eigenvalue weighted by Gasteiger charge is -2.47. The molecular formula is C48H60N10O7. The second kappa shape index (κ2) is 19.4. The maximum atomic E-state index is 13.4. The van der Waals surface area contributed by atoms with Crippen LogP contribution in [-0.4, -0.2) is 154 Å². The maximum absolute atomic E-state index is 13.4. The summed E-state index contributed by atoms with van der Waals surface area (Å²) in [7, 11) is 0. The average Bonchev–Trinajstić information content (AvgIpc) is 3.56. The molecule has 344 valence electrons. The normalized spacial score (nSPS) is 22.1. The molecule has 0 aliphatic carbocycles. The lowest BCUT2D eigenvalue weighted by molar-refractivity contribution is -0.136. The third-order valence-electron chi connectivity index (χ3n) is 14.7. The highest BCUT2D eigenvalue weighted by molar-refractivity contribution is 6.23. The summed E-state index contributed by atoms with van der Waals surface area (Å²) < 4.78 is 0. The molecule has 6 aliphatic rings. The van der Waals surface area contributed by atoms with Gasteiger partial charge in [-0.3, -0.25) is 43.9 Å². The number of rotatable bonds is 13. The standard InChI is InChI=1S/C48H60N10O7/c59-36(30-55-19-11-32-4-1-2-5-33(32)29-55)28-49-44(62)39-27-41(51-31-50-39)52-34-12-20-57(21-13-34)43(61)6-3-18-54-22-14-48(15-23-54)16-24-56(25-17-48)35-7-8-37-38(26-35)47(65)58(46(37)64)40-9-10-42(60)53-45(40)63/h1-2,4-5,7-8,26-27,31,34,36,40,59H,3,6,9-25,28-30H2,(H,49,62)(H,50,51,52)(H,53,60,63)/t36-,40?/m0/s1. The molecule has 0 bridgehead atoms. The molecule has 4 N–H and O–H groups in total. The van der Waals surface area contributed by atoms with Crippen molar-refractivity contribution in [3.63, 3.8) is 0 Å². The van der Waals surface area contributed by atoms with Gasteiger partial charge in [0, 0.05) is 83.0 Å². The van der Waals surface area contributed by atoms with Crippen LogP contribution < -0.4 is 20.9 Å². The molecule has 2 atom stereocenters. The van der Waals surface area contributed by atoms with Crippen LogP contribution in [0.1, 0.15) is 107 Å². The van der Waals surface area contributed by atoms with Crippen molar-refractivity contribution < 1.29 is 33.9 Å². The van der Waals surface area contributed by atoms with E-state index in [1.165, 1.54) is 17.5 Å². The fraction of sp³-hybridized carbons (Fsp3) is 0.542. The molecule has 4 fully saturated rings. The lowest BCUT2D eigenvalue weighted by Crippen LogP contribution is -2.54. The zero-order valence-corrected chi connectivity index (χ0v) is 37.0. The molecule has 6 amide bonds. The van der Waals surface area contributed by atoms with Crippen LogP contribution >= 0.6 is 0 Å². The number of nitrogens with one attached hydrogen (secondary N) is 3. The molecule has 1 spiro atoms. The zero-order chi connectivity index (χ0) is 45.1. The predicted octanol–water partition coefficient (Wildman–Crippen LogP) is 2.59. The van der Waals surface area contributed by atoms with E-state index in [1.807, 2.05) is 17.0 Å². The van der Waals surface area contributed by atoms with Gasteiger partial charge in [-0.25, -0.2) is 9.97 Å². The summed E-state index contributed by atoms with van der Waals surface area (Å²) in [6.45, 7) is 8.25. The summed E-state index contributed by atoms with van der Waals surface area (Å²) in [4.78, 5) is 95.3. The van der Waals surface area contributed by atoms with Gasteiger partial charge in [0.05, 0.1) is 17.2 Å². The van der Waals surface area contributed by atoms with E-state index in [0.717, 1.165) is 108 Å². The molecule has 17 nitrogen and oxygen atoms in total. The molecule has 1 unspecified atom stereocenters. The number of anilines is 2. The van der Waals surface area contributed by atoms with Crippen molar-refractivity contribution in [1.29, 1.82) is 0 Å². The van der Waals surface area contributed by atoms with E-state index >= 15 is 0 Å². The Morgan fingerprint density at radius 2 is 1.55 bits per heavy atom. The van der Waals surface area contributed by atoms with Gasteiger partial charge in [-0.05, 0) is 112 Å². The fourth-order valence-electron chi connectivity index (χ4n) is 10.7. The van der Waals surface area contributed by atoms with Crippen LogP contribution in [0.15, 0.2) is 54.9 Å². The monoisotopic (exact) mass is 888 g/mol.